The predicted octanol–water partition coefficient (Wildman–Crippen LogP) is 1.70. The lowest BCUT2D eigenvalue weighted by Gasteiger charge is -2.36. The molecule has 17 heavy (non-hydrogen) atoms. The molecule has 102 valence electrons. The van der Waals surface area contributed by atoms with Gasteiger partial charge >= 0.3 is 0 Å². The fourth-order valence-electron chi connectivity index (χ4n) is 2.92. The summed E-state index contributed by atoms with van der Waals surface area (Å²) < 4.78 is 10.6. The monoisotopic (exact) mass is 244 g/mol. The van der Waals surface area contributed by atoms with E-state index in [1.165, 1.54) is 32.1 Å². The van der Waals surface area contributed by atoms with Crippen LogP contribution in [0.25, 0.3) is 0 Å². The van der Waals surface area contributed by atoms with Gasteiger partial charge in [0.05, 0.1) is 19.8 Å². The van der Waals surface area contributed by atoms with Crippen LogP contribution in [0, 0.1) is 11.8 Å². The van der Waals surface area contributed by atoms with Gasteiger partial charge in [0, 0.05) is 13.2 Å². The van der Waals surface area contributed by atoms with Crippen molar-refractivity contribution in [3.8, 4) is 0 Å². The number of nitrogens with two attached hydrogens (primary N) is 1. The van der Waals surface area contributed by atoms with Gasteiger partial charge in [0.2, 0.25) is 0 Å². The molecule has 3 N–H and O–H groups in total. The minimum absolute atomic E-state index is 0.289. The van der Waals surface area contributed by atoms with Crippen molar-refractivity contribution in [2.24, 2.45) is 17.7 Å². The number of ether oxygens (including phenoxy) is 2. The lowest BCUT2D eigenvalue weighted by Crippen LogP contribution is -2.47. The standard InChI is InChI=1S/C13H28N2O2/c1-3-11-6-4-5-7-12(11)13(15-14)10-17-9-8-16-2/h11-13,15H,3-10,14H2,1-2H3. The summed E-state index contributed by atoms with van der Waals surface area (Å²) in [5.74, 6) is 7.14. The van der Waals surface area contributed by atoms with Gasteiger partial charge in [-0.05, 0) is 18.3 Å². The van der Waals surface area contributed by atoms with Crippen LogP contribution in [0.3, 0.4) is 0 Å². The van der Waals surface area contributed by atoms with Crippen molar-refractivity contribution in [2.45, 2.75) is 45.1 Å². The summed E-state index contributed by atoms with van der Waals surface area (Å²) in [7, 11) is 1.69. The number of hydrazine groups is 1. The lowest BCUT2D eigenvalue weighted by atomic mass is 9.74. The first-order valence-electron chi connectivity index (χ1n) is 6.86. The number of hydrogen-bond acceptors (Lipinski definition) is 4. The molecule has 0 aromatic heterocycles. The fraction of sp³-hybridized carbons (Fsp3) is 1.00. The second kappa shape index (κ2) is 8.86. The van der Waals surface area contributed by atoms with Crippen LogP contribution in [-0.4, -0.2) is 33.0 Å². The summed E-state index contributed by atoms with van der Waals surface area (Å²) in [5.41, 5.74) is 2.95. The molecule has 0 spiro atoms. The van der Waals surface area contributed by atoms with Gasteiger partial charge in [-0.3, -0.25) is 11.3 Å². The van der Waals surface area contributed by atoms with Crippen molar-refractivity contribution in [3.63, 3.8) is 0 Å². The van der Waals surface area contributed by atoms with Crippen molar-refractivity contribution in [2.75, 3.05) is 26.9 Å². The van der Waals surface area contributed by atoms with Gasteiger partial charge in [0.25, 0.3) is 0 Å². The predicted molar refractivity (Wildman–Crippen MR) is 69.5 cm³/mol. The molecule has 3 atom stereocenters. The summed E-state index contributed by atoms with van der Waals surface area (Å²) >= 11 is 0. The highest BCUT2D eigenvalue weighted by atomic mass is 16.5. The average Bonchev–Trinajstić information content (AvgIpc) is 2.39. The first-order valence-corrected chi connectivity index (χ1v) is 6.86. The summed E-state index contributed by atoms with van der Waals surface area (Å²) in [6.07, 6.45) is 6.58. The Balaban J connectivity index is 2.35. The van der Waals surface area contributed by atoms with Gasteiger partial charge in [-0.2, -0.15) is 0 Å². The molecular formula is C13H28N2O2. The van der Waals surface area contributed by atoms with E-state index in [2.05, 4.69) is 12.3 Å². The molecule has 4 nitrogen and oxygen atoms in total. The van der Waals surface area contributed by atoms with Gasteiger partial charge in [-0.1, -0.05) is 32.6 Å². The Bertz CT molecular complexity index is 190. The molecule has 3 unspecified atom stereocenters. The van der Waals surface area contributed by atoms with Crippen molar-refractivity contribution < 1.29 is 9.47 Å². The molecule has 0 heterocycles. The molecule has 1 aliphatic rings. The van der Waals surface area contributed by atoms with Crippen LogP contribution in [0.1, 0.15) is 39.0 Å². The molecule has 0 aliphatic heterocycles. The van der Waals surface area contributed by atoms with Crippen LogP contribution in [0.2, 0.25) is 0 Å². The highest BCUT2D eigenvalue weighted by molar-refractivity contribution is 4.83. The van der Waals surface area contributed by atoms with Crippen molar-refractivity contribution >= 4 is 0 Å². The molecule has 1 rings (SSSR count). The van der Waals surface area contributed by atoms with Crippen LogP contribution in [-0.2, 0) is 9.47 Å². The number of rotatable bonds is 8. The topological polar surface area (TPSA) is 56.5 Å². The minimum Gasteiger partial charge on any atom is -0.382 e. The molecular weight excluding hydrogens is 216 g/mol. The van der Waals surface area contributed by atoms with Crippen molar-refractivity contribution in [3.05, 3.63) is 0 Å². The first-order chi connectivity index (χ1) is 8.33. The summed E-state index contributed by atoms with van der Waals surface area (Å²) in [6, 6.07) is 0.289. The van der Waals surface area contributed by atoms with Crippen LogP contribution in [0.15, 0.2) is 0 Å². The molecule has 0 saturated heterocycles. The normalized spacial score (nSPS) is 27.0. The zero-order valence-corrected chi connectivity index (χ0v) is 11.3. The smallest absolute Gasteiger partial charge is 0.0701 e. The Morgan fingerprint density at radius 1 is 1.29 bits per heavy atom. The molecule has 0 amide bonds. The number of methoxy groups -OCH3 is 1. The van der Waals surface area contributed by atoms with E-state index in [9.17, 15) is 0 Å². The van der Waals surface area contributed by atoms with Gasteiger partial charge < -0.3 is 9.47 Å². The SMILES string of the molecule is CCC1CCCCC1C(COCCOC)NN. The Morgan fingerprint density at radius 3 is 2.71 bits per heavy atom. The van der Waals surface area contributed by atoms with Gasteiger partial charge in [-0.15, -0.1) is 0 Å². The van der Waals surface area contributed by atoms with E-state index in [1.807, 2.05) is 0 Å². The Labute approximate surface area is 105 Å². The highest BCUT2D eigenvalue weighted by Gasteiger charge is 2.30. The Morgan fingerprint density at radius 2 is 2.06 bits per heavy atom. The lowest BCUT2D eigenvalue weighted by molar-refractivity contribution is 0.0351. The highest BCUT2D eigenvalue weighted by Crippen LogP contribution is 2.34. The molecule has 0 radical (unpaired) electrons. The van der Waals surface area contributed by atoms with Crippen LogP contribution in [0.4, 0.5) is 0 Å². The molecule has 1 fully saturated rings. The average molecular weight is 244 g/mol. The Kier molecular flexibility index (Phi) is 7.77. The summed E-state index contributed by atoms with van der Waals surface area (Å²) in [4.78, 5) is 0. The third-order valence-electron chi connectivity index (χ3n) is 3.95. The molecule has 1 saturated carbocycles. The summed E-state index contributed by atoms with van der Waals surface area (Å²) in [6.45, 7) is 4.28. The number of nitrogens with one attached hydrogen (secondary N) is 1. The van der Waals surface area contributed by atoms with E-state index in [4.69, 9.17) is 15.3 Å². The van der Waals surface area contributed by atoms with Gasteiger partial charge in [0.1, 0.15) is 0 Å². The first kappa shape index (κ1) is 14.9. The molecule has 1 aliphatic carbocycles. The third kappa shape index (κ3) is 4.92. The minimum atomic E-state index is 0.289. The van der Waals surface area contributed by atoms with E-state index in [-0.39, 0.29) is 6.04 Å². The fourth-order valence-corrected chi connectivity index (χ4v) is 2.92. The van der Waals surface area contributed by atoms with Crippen LogP contribution in [0.5, 0.6) is 0 Å². The van der Waals surface area contributed by atoms with E-state index in [0.29, 0.717) is 25.7 Å². The van der Waals surface area contributed by atoms with E-state index in [0.717, 1.165) is 5.92 Å². The maximum absolute atomic E-state index is 5.67. The van der Waals surface area contributed by atoms with E-state index < -0.39 is 0 Å². The maximum Gasteiger partial charge on any atom is 0.0701 e. The van der Waals surface area contributed by atoms with Crippen molar-refractivity contribution in [1.29, 1.82) is 0 Å². The molecule has 0 bridgehead atoms. The zero-order valence-electron chi connectivity index (χ0n) is 11.3. The van der Waals surface area contributed by atoms with E-state index in [1.54, 1.807) is 7.11 Å². The number of hydrogen-bond donors (Lipinski definition) is 2. The molecule has 0 aromatic carbocycles. The largest absolute Gasteiger partial charge is 0.382 e. The molecule has 4 heteroatoms. The van der Waals surface area contributed by atoms with Crippen molar-refractivity contribution in [1.82, 2.24) is 5.43 Å². The van der Waals surface area contributed by atoms with Gasteiger partial charge in [-0.25, -0.2) is 0 Å². The molecule has 0 aromatic rings. The van der Waals surface area contributed by atoms with Crippen LogP contribution < -0.4 is 11.3 Å². The second-order valence-electron chi connectivity index (χ2n) is 4.96. The van der Waals surface area contributed by atoms with Gasteiger partial charge in [0.15, 0.2) is 0 Å². The zero-order chi connectivity index (χ0) is 12.5. The van der Waals surface area contributed by atoms with Crippen LogP contribution >= 0.6 is 0 Å². The maximum atomic E-state index is 5.67. The Hall–Kier alpha value is -0.160. The third-order valence-corrected chi connectivity index (χ3v) is 3.95. The second-order valence-corrected chi connectivity index (χ2v) is 4.96. The van der Waals surface area contributed by atoms with E-state index >= 15 is 0 Å². The quantitative estimate of drug-likeness (QED) is 0.388. The summed E-state index contributed by atoms with van der Waals surface area (Å²) in [5, 5.41) is 0.